The predicted octanol–water partition coefficient (Wildman–Crippen LogP) is 3.06. The molecule has 1 saturated heterocycles. The first-order valence-electron chi connectivity index (χ1n) is 7.22. The van der Waals surface area contributed by atoms with Gasteiger partial charge in [-0.1, -0.05) is 19.1 Å². The largest absolute Gasteiger partial charge is 0.326 e. The summed E-state index contributed by atoms with van der Waals surface area (Å²) in [6.07, 6.45) is 3.17. The monoisotopic (exact) mass is 260 g/mol. The van der Waals surface area contributed by atoms with Gasteiger partial charge in [0.25, 0.3) is 0 Å². The van der Waals surface area contributed by atoms with Gasteiger partial charge in [-0.25, -0.2) is 0 Å². The Morgan fingerprint density at radius 3 is 3.05 bits per heavy atom. The van der Waals surface area contributed by atoms with Crippen LogP contribution in [0.1, 0.15) is 31.7 Å². The summed E-state index contributed by atoms with van der Waals surface area (Å²) in [4.78, 5) is 14.3. The summed E-state index contributed by atoms with van der Waals surface area (Å²) in [6, 6.07) is 7.94. The molecule has 1 N–H and O–H groups in total. The van der Waals surface area contributed by atoms with Crippen molar-refractivity contribution in [2.45, 2.75) is 33.1 Å². The zero-order valence-corrected chi connectivity index (χ0v) is 12.0. The third-order valence-electron chi connectivity index (χ3n) is 3.70. The molecule has 19 heavy (non-hydrogen) atoms. The second-order valence-electron chi connectivity index (χ2n) is 5.72. The van der Waals surface area contributed by atoms with Crippen LogP contribution in [-0.2, 0) is 4.79 Å². The summed E-state index contributed by atoms with van der Waals surface area (Å²) in [5.41, 5.74) is 2.07. The maximum atomic E-state index is 11.9. The molecule has 1 unspecified atom stereocenters. The molecule has 104 valence electrons. The van der Waals surface area contributed by atoms with E-state index in [-0.39, 0.29) is 5.91 Å². The Labute approximate surface area is 116 Å². The van der Waals surface area contributed by atoms with E-state index in [1.165, 1.54) is 18.4 Å². The molecule has 1 aliphatic rings. The number of anilines is 1. The number of nitrogens with zero attached hydrogens (tertiary/aromatic N) is 1. The van der Waals surface area contributed by atoms with Crippen molar-refractivity contribution in [3.63, 3.8) is 0 Å². The van der Waals surface area contributed by atoms with Crippen LogP contribution in [0.2, 0.25) is 0 Å². The van der Waals surface area contributed by atoms with Gasteiger partial charge in [-0.15, -0.1) is 0 Å². The number of rotatable bonds is 4. The van der Waals surface area contributed by atoms with Gasteiger partial charge in [0.05, 0.1) is 0 Å². The van der Waals surface area contributed by atoms with Crippen molar-refractivity contribution in [2.75, 3.05) is 25.0 Å². The molecule has 2 rings (SSSR count). The second kappa shape index (κ2) is 6.71. The Balaban J connectivity index is 1.75. The molecular weight excluding hydrogens is 236 g/mol. The highest BCUT2D eigenvalue weighted by Gasteiger charge is 2.16. The SMILES string of the molecule is Cc1cccc(NC(=O)CCN2CCCC(C)C2)c1. The number of hydrogen-bond donors (Lipinski definition) is 1. The summed E-state index contributed by atoms with van der Waals surface area (Å²) >= 11 is 0. The van der Waals surface area contributed by atoms with Crippen LogP contribution in [0.25, 0.3) is 0 Å². The summed E-state index contributed by atoms with van der Waals surface area (Å²) < 4.78 is 0. The van der Waals surface area contributed by atoms with Crippen LogP contribution in [0.5, 0.6) is 0 Å². The standard InChI is InChI=1S/C16H24N2O/c1-13-5-3-7-15(11-13)17-16(19)8-10-18-9-4-6-14(2)12-18/h3,5,7,11,14H,4,6,8-10,12H2,1-2H3,(H,17,19). The first-order valence-corrected chi connectivity index (χ1v) is 7.22. The minimum absolute atomic E-state index is 0.115. The van der Waals surface area contributed by atoms with Gasteiger partial charge in [-0.05, 0) is 49.9 Å². The average Bonchev–Trinajstić information content (AvgIpc) is 2.36. The van der Waals surface area contributed by atoms with Gasteiger partial charge in [0.2, 0.25) is 5.91 Å². The Hall–Kier alpha value is -1.35. The molecule has 3 nitrogen and oxygen atoms in total. The number of hydrogen-bond acceptors (Lipinski definition) is 2. The summed E-state index contributed by atoms with van der Waals surface area (Å²) in [5.74, 6) is 0.886. The fourth-order valence-corrected chi connectivity index (χ4v) is 2.70. The Morgan fingerprint density at radius 1 is 1.47 bits per heavy atom. The highest BCUT2D eigenvalue weighted by molar-refractivity contribution is 5.90. The number of aryl methyl sites for hydroxylation is 1. The molecule has 1 atom stereocenters. The lowest BCUT2D eigenvalue weighted by molar-refractivity contribution is -0.116. The van der Waals surface area contributed by atoms with Crippen LogP contribution in [-0.4, -0.2) is 30.4 Å². The smallest absolute Gasteiger partial charge is 0.225 e. The highest BCUT2D eigenvalue weighted by Crippen LogP contribution is 2.15. The van der Waals surface area contributed by atoms with Crippen LogP contribution in [0.3, 0.4) is 0 Å². The number of benzene rings is 1. The molecule has 0 radical (unpaired) electrons. The average molecular weight is 260 g/mol. The molecule has 1 fully saturated rings. The van der Waals surface area contributed by atoms with E-state index in [0.29, 0.717) is 6.42 Å². The molecule has 1 aromatic carbocycles. The fraction of sp³-hybridized carbons (Fsp3) is 0.562. The molecule has 1 heterocycles. The molecule has 0 saturated carbocycles. The van der Waals surface area contributed by atoms with Crippen LogP contribution in [0, 0.1) is 12.8 Å². The van der Waals surface area contributed by atoms with Crippen molar-refractivity contribution in [2.24, 2.45) is 5.92 Å². The van der Waals surface area contributed by atoms with Gasteiger partial charge in [-0.2, -0.15) is 0 Å². The minimum atomic E-state index is 0.115. The zero-order chi connectivity index (χ0) is 13.7. The number of nitrogens with one attached hydrogen (secondary N) is 1. The Morgan fingerprint density at radius 2 is 2.32 bits per heavy atom. The molecule has 1 aromatic rings. The topological polar surface area (TPSA) is 32.3 Å². The third-order valence-corrected chi connectivity index (χ3v) is 3.70. The molecule has 1 aliphatic heterocycles. The van der Waals surface area contributed by atoms with Gasteiger partial charge in [-0.3, -0.25) is 4.79 Å². The Kier molecular flexibility index (Phi) is 4.97. The summed E-state index contributed by atoms with van der Waals surface area (Å²) in [7, 11) is 0. The molecule has 0 aromatic heterocycles. The van der Waals surface area contributed by atoms with Gasteiger partial charge >= 0.3 is 0 Å². The first kappa shape index (κ1) is 14.1. The molecule has 0 spiro atoms. The Bertz CT molecular complexity index is 431. The van der Waals surface area contributed by atoms with E-state index in [0.717, 1.165) is 31.2 Å². The molecule has 0 aliphatic carbocycles. The predicted molar refractivity (Wildman–Crippen MR) is 79.3 cm³/mol. The van der Waals surface area contributed by atoms with E-state index in [1.807, 2.05) is 31.2 Å². The van der Waals surface area contributed by atoms with E-state index >= 15 is 0 Å². The minimum Gasteiger partial charge on any atom is -0.326 e. The van der Waals surface area contributed by atoms with Gasteiger partial charge in [0, 0.05) is 25.2 Å². The maximum absolute atomic E-state index is 11.9. The zero-order valence-electron chi connectivity index (χ0n) is 12.0. The molecular formula is C16H24N2O. The van der Waals surface area contributed by atoms with Crippen molar-refractivity contribution < 1.29 is 4.79 Å². The lowest BCUT2D eigenvalue weighted by Crippen LogP contribution is -2.36. The van der Waals surface area contributed by atoms with Crippen LogP contribution in [0.15, 0.2) is 24.3 Å². The van der Waals surface area contributed by atoms with Crippen molar-refractivity contribution >= 4 is 11.6 Å². The number of likely N-dealkylation sites (tertiary alicyclic amines) is 1. The van der Waals surface area contributed by atoms with E-state index in [2.05, 4.69) is 17.1 Å². The summed E-state index contributed by atoms with van der Waals surface area (Å²) in [5, 5.41) is 2.97. The normalized spacial score (nSPS) is 20.2. The van der Waals surface area contributed by atoms with Crippen molar-refractivity contribution in [1.29, 1.82) is 0 Å². The fourth-order valence-electron chi connectivity index (χ4n) is 2.70. The number of piperidine rings is 1. The third kappa shape index (κ3) is 4.67. The van der Waals surface area contributed by atoms with E-state index in [1.54, 1.807) is 0 Å². The number of carbonyl (C=O) groups is 1. The lowest BCUT2D eigenvalue weighted by atomic mass is 10.0. The quantitative estimate of drug-likeness (QED) is 0.902. The lowest BCUT2D eigenvalue weighted by Gasteiger charge is -2.30. The molecule has 0 bridgehead atoms. The van der Waals surface area contributed by atoms with E-state index in [9.17, 15) is 4.79 Å². The molecule has 3 heteroatoms. The van der Waals surface area contributed by atoms with Crippen molar-refractivity contribution in [3.8, 4) is 0 Å². The van der Waals surface area contributed by atoms with Gasteiger partial charge in [0.1, 0.15) is 0 Å². The second-order valence-corrected chi connectivity index (χ2v) is 5.72. The van der Waals surface area contributed by atoms with Gasteiger partial charge in [0.15, 0.2) is 0 Å². The van der Waals surface area contributed by atoms with E-state index in [4.69, 9.17) is 0 Å². The van der Waals surface area contributed by atoms with Crippen LogP contribution in [0.4, 0.5) is 5.69 Å². The van der Waals surface area contributed by atoms with Crippen LogP contribution < -0.4 is 5.32 Å². The van der Waals surface area contributed by atoms with E-state index < -0.39 is 0 Å². The first-order chi connectivity index (χ1) is 9.13. The van der Waals surface area contributed by atoms with Crippen LogP contribution >= 0.6 is 0 Å². The molecule has 1 amide bonds. The van der Waals surface area contributed by atoms with Crippen molar-refractivity contribution in [1.82, 2.24) is 4.90 Å². The maximum Gasteiger partial charge on any atom is 0.225 e. The van der Waals surface area contributed by atoms with Gasteiger partial charge < -0.3 is 10.2 Å². The highest BCUT2D eigenvalue weighted by atomic mass is 16.1. The number of carbonyl (C=O) groups excluding carboxylic acids is 1. The summed E-state index contributed by atoms with van der Waals surface area (Å²) in [6.45, 7) is 7.48. The van der Waals surface area contributed by atoms with Crippen molar-refractivity contribution in [3.05, 3.63) is 29.8 Å². The number of amides is 1.